The molecule has 0 aliphatic rings. The zero-order chi connectivity index (χ0) is 15.6. The highest BCUT2D eigenvalue weighted by molar-refractivity contribution is 7.99. The molecule has 1 aromatic carbocycles. The highest BCUT2D eigenvalue weighted by Gasteiger charge is 2.15. The predicted molar refractivity (Wildman–Crippen MR) is 86.3 cm³/mol. The zero-order valence-electron chi connectivity index (χ0n) is 13.4. The standard InChI is InChI=1S/C14H20O3S.C2H6/c1-14(2,3)17-13(15)10-18-9-11-5-7-12(16-4)8-6-11;1-2/h5-8H,9-10H2,1-4H3;1-2H3. The second-order valence-electron chi connectivity index (χ2n) is 4.93. The summed E-state index contributed by atoms with van der Waals surface area (Å²) in [5.74, 6) is 1.85. The maximum atomic E-state index is 11.5. The van der Waals surface area contributed by atoms with Gasteiger partial charge >= 0.3 is 5.97 Å². The van der Waals surface area contributed by atoms with Gasteiger partial charge in [0.1, 0.15) is 11.4 Å². The van der Waals surface area contributed by atoms with Crippen molar-refractivity contribution in [3.8, 4) is 5.75 Å². The van der Waals surface area contributed by atoms with Crippen molar-refractivity contribution in [2.45, 2.75) is 46.0 Å². The van der Waals surface area contributed by atoms with Crippen LogP contribution in [0.1, 0.15) is 40.2 Å². The third-order valence-corrected chi connectivity index (χ3v) is 3.05. The Bertz CT molecular complexity index is 380. The van der Waals surface area contributed by atoms with Crippen LogP contribution in [0.3, 0.4) is 0 Å². The minimum Gasteiger partial charge on any atom is -0.497 e. The summed E-state index contributed by atoms with van der Waals surface area (Å²) in [6.07, 6.45) is 0. The highest BCUT2D eigenvalue weighted by Crippen LogP contribution is 2.17. The van der Waals surface area contributed by atoms with Crippen molar-refractivity contribution in [2.24, 2.45) is 0 Å². The van der Waals surface area contributed by atoms with Gasteiger partial charge in [-0.05, 0) is 38.5 Å². The summed E-state index contributed by atoms with van der Waals surface area (Å²) in [5, 5.41) is 0. The van der Waals surface area contributed by atoms with Gasteiger partial charge in [-0.1, -0.05) is 26.0 Å². The average Bonchev–Trinajstić information content (AvgIpc) is 2.40. The summed E-state index contributed by atoms with van der Waals surface area (Å²) in [6, 6.07) is 7.84. The van der Waals surface area contributed by atoms with Crippen LogP contribution >= 0.6 is 11.8 Å². The second kappa shape index (κ2) is 9.70. The molecule has 0 aliphatic heterocycles. The Hall–Kier alpha value is -1.16. The number of benzene rings is 1. The first-order valence-corrected chi connectivity index (χ1v) is 7.99. The van der Waals surface area contributed by atoms with Gasteiger partial charge in [0.05, 0.1) is 12.9 Å². The van der Waals surface area contributed by atoms with Crippen LogP contribution in [0, 0.1) is 0 Å². The normalized spacial score (nSPS) is 10.3. The molecule has 0 spiro atoms. The van der Waals surface area contributed by atoms with E-state index in [0.29, 0.717) is 5.75 Å². The Kier molecular flexibility index (Phi) is 9.14. The van der Waals surface area contributed by atoms with Gasteiger partial charge in [0, 0.05) is 5.75 Å². The van der Waals surface area contributed by atoms with E-state index in [9.17, 15) is 4.79 Å². The van der Waals surface area contributed by atoms with Crippen LogP contribution in [0.25, 0.3) is 0 Å². The molecular formula is C16H26O3S. The number of carbonyl (C=O) groups excluding carboxylic acids is 1. The molecule has 0 fully saturated rings. The minimum atomic E-state index is -0.405. The molecule has 1 aromatic rings. The topological polar surface area (TPSA) is 35.5 Å². The monoisotopic (exact) mass is 298 g/mol. The molecule has 114 valence electrons. The first-order valence-electron chi connectivity index (χ1n) is 6.83. The average molecular weight is 298 g/mol. The van der Waals surface area contributed by atoms with Gasteiger partial charge in [0.15, 0.2) is 0 Å². The summed E-state index contributed by atoms with van der Waals surface area (Å²) in [6.45, 7) is 9.62. The number of rotatable bonds is 5. The van der Waals surface area contributed by atoms with E-state index >= 15 is 0 Å². The number of thioether (sulfide) groups is 1. The first kappa shape index (κ1) is 18.8. The molecule has 0 heterocycles. The molecule has 0 aliphatic carbocycles. The molecule has 0 radical (unpaired) electrons. The molecule has 0 aromatic heterocycles. The molecule has 0 unspecified atom stereocenters. The highest BCUT2D eigenvalue weighted by atomic mass is 32.2. The number of hydrogen-bond acceptors (Lipinski definition) is 4. The quantitative estimate of drug-likeness (QED) is 0.759. The smallest absolute Gasteiger partial charge is 0.316 e. The van der Waals surface area contributed by atoms with Crippen molar-refractivity contribution >= 4 is 17.7 Å². The predicted octanol–water partition coefficient (Wildman–Crippen LogP) is 4.30. The molecule has 0 bridgehead atoms. The molecule has 0 saturated carbocycles. The summed E-state index contributed by atoms with van der Waals surface area (Å²) >= 11 is 1.55. The molecule has 4 heteroatoms. The van der Waals surface area contributed by atoms with Gasteiger partial charge in [0.25, 0.3) is 0 Å². The van der Waals surface area contributed by atoms with Gasteiger partial charge in [-0.25, -0.2) is 0 Å². The Morgan fingerprint density at radius 2 is 1.70 bits per heavy atom. The molecule has 0 amide bonds. The number of methoxy groups -OCH3 is 1. The zero-order valence-corrected chi connectivity index (χ0v) is 14.2. The Morgan fingerprint density at radius 3 is 2.15 bits per heavy atom. The van der Waals surface area contributed by atoms with E-state index in [2.05, 4.69) is 0 Å². The van der Waals surface area contributed by atoms with E-state index in [4.69, 9.17) is 9.47 Å². The molecule has 1 rings (SSSR count). The largest absolute Gasteiger partial charge is 0.497 e. The summed E-state index contributed by atoms with van der Waals surface area (Å²) in [4.78, 5) is 11.5. The van der Waals surface area contributed by atoms with Crippen LogP contribution in [0.5, 0.6) is 5.75 Å². The van der Waals surface area contributed by atoms with Crippen molar-refractivity contribution in [1.82, 2.24) is 0 Å². The Balaban J connectivity index is 0.00000172. The van der Waals surface area contributed by atoms with E-state index in [1.807, 2.05) is 58.9 Å². The fourth-order valence-electron chi connectivity index (χ4n) is 1.34. The van der Waals surface area contributed by atoms with Crippen molar-refractivity contribution in [3.63, 3.8) is 0 Å². The van der Waals surface area contributed by atoms with Gasteiger partial charge in [-0.15, -0.1) is 11.8 Å². The lowest BCUT2D eigenvalue weighted by molar-refractivity contribution is -0.151. The third-order valence-electron chi connectivity index (χ3n) is 2.07. The molecular weight excluding hydrogens is 272 g/mol. The van der Waals surface area contributed by atoms with Crippen molar-refractivity contribution in [2.75, 3.05) is 12.9 Å². The summed E-state index contributed by atoms with van der Waals surface area (Å²) < 4.78 is 10.3. The Labute approximate surface area is 127 Å². The van der Waals surface area contributed by atoms with Crippen LogP contribution < -0.4 is 4.74 Å². The molecule has 0 saturated heterocycles. The number of esters is 1. The molecule has 0 atom stereocenters. The molecule has 3 nitrogen and oxygen atoms in total. The van der Waals surface area contributed by atoms with E-state index in [1.165, 1.54) is 5.56 Å². The lowest BCUT2D eigenvalue weighted by Gasteiger charge is -2.19. The van der Waals surface area contributed by atoms with Crippen LogP contribution in [-0.4, -0.2) is 24.4 Å². The molecule has 20 heavy (non-hydrogen) atoms. The van der Waals surface area contributed by atoms with Gasteiger partial charge in [0.2, 0.25) is 0 Å². The van der Waals surface area contributed by atoms with Crippen molar-refractivity contribution in [1.29, 1.82) is 0 Å². The third kappa shape index (κ3) is 8.86. The van der Waals surface area contributed by atoms with Crippen LogP contribution in [0.4, 0.5) is 0 Å². The molecule has 0 N–H and O–H groups in total. The SMILES string of the molecule is CC.COc1ccc(CSCC(=O)OC(C)(C)C)cc1. The maximum absolute atomic E-state index is 11.5. The number of hydrogen-bond donors (Lipinski definition) is 0. The maximum Gasteiger partial charge on any atom is 0.316 e. The second-order valence-corrected chi connectivity index (χ2v) is 5.91. The van der Waals surface area contributed by atoms with Gasteiger partial charge < -0.3 is 9.47 Å². The van der Waals surface area contributed by atoms with E-state index in [-0.39, 0.29) is 5.97 Å². The van der Waals surface area contributed by atoms with E-state index in [1.54, 1.807) is 18.9 Å². The minimum absolute atomic E-state index is 0.166. The van der Waals surface area contributed by atoms with Crippen molar-refractivity contribution < 1.29 is 14.3 Å². The lowest BCUT2D eigenvalue weighted by Crippen LogP contribution is -2.24. The Morgan fingerprint density at radius 1 is 1.15 bits per heavy atom. The fourth-order valence-corrected chi connectivity index (χ4v) is 2.10. The van der Waals surface area contributed by atoms with Crippen LogP contribution in [0.15, 0.2) is 24.3 Å². The lowest BCUT2D eigenvalue weighted by atomic mass is 10.2. The number of ether oxygens (including phenoxy) is 2. The van der Waals surface area contributed by atoms with Crippen LogP contribution in [0.2, 0.25) is 0 Å². The first-order chi connectivity index (χ1) is 9.40. The van der Waals surface area contributed by atoms with Gasteiger partial charge in [-0.3, -0.25) is 4.79 Å². The van der Waals surface area contributed by atoms with E-state index < -0.39 is 5.60 Å². The summed E-state index contributed by atoms with van der Waals surface area (Å²) in [5.41, 5.74) is 0.766. The summed E-state index contributed by atoms with van der Waals surface area (Å²) in [7, 11) is 1.65. The van der Waals surface area contributed by atoms with Crippen LogP contribution in [-0.2, 0) is 15.3 Å². The van der Waals surface area contributed by atoms with E-state index in [0.717, 1.165) is 11.5 Å². The number of carbonyl (C=O) groups is 1. The van der Waals surface area contributed by atoms with Gasteiger partial charge in [-0.2, -0.15) is 0 Å². The fraction of sp³-hybridized carbons (Fsp3) is 0.562. The van der Waals surface area contributed by atoms with Crippen molar-refractivity contribution in [3.05, 3.63) is 29.8 Å².